The Morgan fingerprint density at radius 1 is 1.10 bits per heavy atom. The second-order valence-corrected chi connectivity index (χ2v) is 8.74. The third-order valence-corrected chi connectivity index (χ3v) is 5.33. The summed E-state index contributed by atoms with van der Waals surface area (Å²) in [6.07, 6.45) is 1.50. The number of nitrogens with one attached hydrogen (secondary N) is 1. The molecular formula is C20H23F2N3O5S. The van der Waals surface area contributed by atoms with Crippen molar-refractivity contribution in [3.05, 3.63) is 59.7 Å². The van der Waals surface area contributed by atoms with Gasteiger partial charge in [-0.05, 0) is 41.8 Å². The highest BCUT2D eigenvalue weighted by Crippen LogP contribution is 2.30. The molecule has 1 saturated heterocycles. The minimum Gasteiger partial charge on any atom is -0.497 e. The van der Waals surface area contributed by atoms with Crippen LogP contribution in [0.3, 0.4) is 0 Å². The highest BCUT2D eigenvalue weighted by atomic mass is 32.2. The number of urea groups is 1. The first-order valence-electron chi connectivity index (χ1n) is 9.39. The van der Waals surface area contributed by atoms with Crippen LogP contribution < -0.4 is 14.3 Å². The van der Waals surface area contributed by atoms with Gasteiger partial charge in [-0.1, -0.05) is 24.3 Å². The van der Waals surface area contributed by atoms with Crippen molar-refractivity contribution in [1.82, 2.24) is 14.7 Å². The molecule has 11 heteroatoms. The molecule has 0 bridgehead atoms. The van der Waals surface area contributed by atoms with Crippen LogP contribution in [0, 0.1) is 0 Å². The molecule has 1 unspecified atom stereocenters. The summed E-state index contributed by atoms with van der Waals surface area (Å²) in [6.45, 7) is -2.54. The Kier molecular flexibility index (Phi) is 6.96. The van der Waals surface area contributed by atoms with Gasteiger partial charge in [0.15, 0.2) is 0 Å². The number of hydrazine groups is 1. The van der Waals surface area contributed by atoms with E-state index < -0.39 is 28.7 Å². The molecule has 0 aliphatic carbocycles. The van der Waals surface area contributed by atoms with E-state index in [4.69, 9.17) is 4.74 Å². The van der Waals surface area contributed by atoms with Gasteiger partial charge in [0, 0.05) is 6.54 Å². The molecule has 168 valence electrons. The maximum absolute atomic E-state index is 12.9. The van der Waals surface area contributed by atoms with E-state index in [1.807, 2.05) is 24.3 Å². The van der Waals surface area contributed by atoms with Gasteiger partial charge in [0.25, 0.3) is 0 Å². The molecule has 1 heterocycles. The second kappa shape index (κ2) is 9.48. The molecule has 31 heavy (non-hydrogen) atoms. The number of alkyl halides is 2. The second-order valence-electron chi connectivity index (χ2n) is 7.01. The number of rotatable bonds is 9. The summed E-state index contributed by atoms with van der Waals surface area (Å²) < 4.78 is 57.6. The van der Waals surface area contributed by atoms with Crippen LogP contribution in [-0.4, -0.2) is 57.4 Å². The highest BCUT2D eigenvalue weighted by Gasteiger charge is 2.39. The molecule has 1 aliphatic heterocycles. The zero-order valence-electron chi connectivity index (χ0n) is 17.0. The third kappa shape index (κ3) is 6.05. The van der Waals surface area contributed by atoms with Crippen molar-refractivity contribution in [3.63, 3.8) is 0 Å². The van der Waals surface area contributed by atoms with Gasteiger partial charge in [-0.2, -0.15) is 8.78 Å². The van der Waals surface area contributed by atoms with Gasteiger partial charge in [-0.3, -0.25) is 0 Å². The van der Waals surface area contributed by atoms with E-state index in [1.54, 1.807) is 24.1 Å². The minimum atomic E-state index is -3.65. The van der Waals surface area contributed by atoms with E-state index in [0.29, 0.717) is 24.3 Å². The highest BCUT2D eigenvalue weighted by molar-refractivity contribution is 7.88. The van der Waals surface area contributed by atoms with Gasteiger partial charge in [-0.15, -0.1) is 4.83 Å². The largest absolute Gasteiger partial charge is 0.497 e. The number of sulfonamides is 1. The van der Waals surface area contributed by atoms with E-state index in [-0.39, 0.29) is 12.3 Å². The maximum Gasteiger partial charge on any atom is 0.387 e. The summed E-state index contributed by atoms with van der Waals surface area (Å²) in [5.41, 5.74) is 1.64. The van der Waals surface area contributed by atoms with Crippen LogP contribution in [0.4, 0.5) is 13.6 Å². The lowest BCUT2D eigenvalue weighted by Crippen LogP contribution is -2.44. The number of hydrogen-bond donors (Lipinski definition) is 1. The average Bonchev–Trinajstić information content (AvgIpc) is 3.01. The van der Waals surface area contributed by atoms with Crippen LogP contribution >= 0.6 is 0 Å². The molecule has 0 spiro atoms. The fraction of sp³-hybridized carbons (Fsp3) is 0.350. The maximum atomic E-state index is 12.9. The van der Waals surface area contributed by atoms with Crippen LogP contribution in [0.25, 0.3) is 0 Å². The van der Waals surface area contributed by atoms with Crippen LogP contribution in [0.1, 0.15) is 17.2 Å². The Balaban J connectivity index is 1.79. The van der Waals surface area contributed by atoms with Crippen molar-refractivity contribution in [1.29, 1.82) is 0 Å². The topological polar surface area (TPSA) is 88.2 Å². The van der Waals surface area contributed by atoms with Gasteiger partial charge in [0.1, 0.15) is 11.5 Å². The van der Waals surface area contributed by atoms with Crippen LogP contribution in [0.15, 0.2) is 48.5 Å². The number of hydrogen-bond acceptors (Lipinski definition) is 5. The standard InChI is InChI=1S/C20H23F2N3O5S/c1-29-16-7-3-14(4-8-16)11-12-24-18(13-25(20(24)26)23-31(2,27)28)15-5-9-17(10-6-15)30-19(21)22/h3-10,18-19,23H,11-13H2,1-2H3. The lowest BCUT2D eigenvalue weighted by atomic mass is 10.1. The van der Waals surface area contributed by atoms with Crippen molar-refractivity contribution in [3.8, 4) is 11.5 Å². The van der Waals surface area contributed by atoms with E-state index >= 15 is 0 Å². The van der Waals surface area contributed by atoms with Crippen molar-refractivity contribution in [2.45, 2.75) is 19.1 Å². The summed E-state index contributed by atoms with van der Waals surface area (Å²) in [5.74, 6) is 0.715. The van der Waals surface area contributed by atoms with Gasteiger partial charge in [0.05, 0.1) is 26.0 Å². The Labute approximate surface area is 179 Å². The quantitative estimate of drug-likeness (QED) is 0.628. The van der Waals surface area contributed by atoms with E-state index in [9.17, 15) is 22.0 Å². The molecule has 2 amide bonds. The molecule has 0 radical (unpaired) electrons. The number of carbonyl (C=O) groups is 1. The zero-order valence-corrected chi connectivity index (χ0v) is 17.8. The third-order valence-electron chi connectivity index (χ3n) is 4.77. The molecule has 3 rings (SSSR count). The molecular weight excluding hydrogens is 432 g/mol. The molecule has 2 aromatic carbocycles. The van der Waals surface area contributed by atoms with Gasteiger partial charge in [0.2, 0.25) is 10.0 Å². The van der Waals surface area contributed by atoms with Crippen LogP contribution in [0.2, 0.25) is 0 Å². The number of nitrogens with zero attached hydrogens (tertiary/aromatic N) is 2. The fourth-order valence-electron chi connectivity index (χ4n) is 3.36. The number of halogens is 2. The predicted octanol–water partition coefficient (Wildman–Crippen LogP) is 2.78. The average molecular weight is 455 g/mol. The van der Waals surface area contributed by atoms with Crippen molar-refractivity contribution < 1.29 is 31.5 Å². The smallest absolute Gasteiger partial charge is 0.387 e. The number of methoxy groups -OCH3 is 1. The first kappa shape index (κ1) is 22.8. The molecule has 1 atom stereocenters. The van der Waals surface area contributed by atoms with E-state index in [1.165, 1.54) is 12.1 Å². The molecule has 1 aliphatic rings. The summed E-state index contributed by atoms with van der Waals surface area (Å²) in [5, 5.41) is 1.04. The normalized spacial score (nSPS) is 16.8. The van der Waals surface area contributed by atoms with Gasteiger partial charge in [-0.25, -0.2) is 18.2 Å². The predicted molar refractivity (Wildman–Crippen MR) is 109 cm³/mol. The minimum absolute atomic E-state index is 0.000951. The Bertz CT molecular complexity index is 1000. The molecule has 1 N–H and O–H groups in total. The molecule has 0 saturated carbocycles. The van der Waals surface area contributed by atoms with Crippen LogP contribution in [-0.2, 0) is 16.4 Å². The van der Waals surface area contributed by atoms with Gasteiger partial charge < -0.3 is 14.4 Å². The molecule has 1 fully saturated rings. The van der Waals surface area contributed by atoms with Crippen LogP contribution in [0.5, 0.6) is 11.5 Å². The molecule has 8 nitrogen and oxygen atoms in total. The zero-order chi connectivity index (χ0) is 22.6. The van der Waals surface area contributed by atoms with E-state index in [0.717, 1.165) is 16.8 Å². The number of benzene rings is 2. The summed E-state index contributed by atoms with van der Waals surface area (Å²) in [4.78, 5) is 16.7. The number of amides is 2. The number of carbonyl (C=O) groups excluding carboxylic acids is 1. The summed E-state index contributed by atoms with van der Waals surface area (Å²) >= 11 is 0. The monoisotopic (exact) mass is 455 g/mol. The lowest BCUT2D eigenvalue weighted by Gasteiger charge is -2.23. The molecule has 0 aromatic heterocycles. The van der Waals surface area contributed by atoms with Gasteiger partial charge >= 0.3 is 12.6 Å². The first-order chi connectivity index (χ1) is 14.7. The van der Waals surface area contributed by atoms with Crippen molar-refractivity contribution in [2.24, 2.45) is 0 Å². The van der Waals surface area contributed by atoms with Crippen molar-refractivity contribution in [2.75, 3.05) is 26.5 Å². The number of ether oxygens (including phenoxy) is 2. The van der Waals surface area contributed by atoms with Crippen molar-refractivity contribution >= 4 is 16.1 Å². The Hall–Kier alpha value is -2.92. The Morgan fingerprint density at radius 3 is 2.26 bits per heavy atom. The first-order valence-corrected chi connectivity index (χ1v) is 11.3. The lowest BCUT2D eigenvalue weighted by molar-refractivity contribution is -0.0498. The summed E-state index contributed by atoms with van der Waals surface area (Å²) in [6, 6.07) is 12.4. The fourth-order valence-corrected chi connectivity index (χ4v) is 3.92. The summed E-state index contributed by atoms with van der Waals surface area (Å²) in [7, 11) is -2.08. The molecule has 2 aromatic rings. The Morgan fingerprint density at radius 2 is 1.71 bits per heavy atom. The SMILES string of the molecule is COc1ccc(CCN2C(=O)N(NS(C)(=O)=O)CC2c2ccc(OC(F)F)cc2)cc1. The van der Waals surface area contributed by atoms with E-state index in [2.05, 4.69) is 9.57 Å².